The van der Waals surface area contributed by atoms with Crippen molar-refractivity contribution in [2.24, 2.45) is 11.7 Å². The van der Waals surface area contributed by atoms with Crippen LogP contribution >= 0.6 is 12.2 Å². The third kappa shape index (κ3) is 5.52. The van der Waals surface area contributed by atoms with Crippen LogP contribution in [0.15, 0.2) is 0 Å². The molecule has 84 valence electrons. The van der Waals surface area contributed by atoms with Crippen LogP contribution in [0.3, 0.4) is 0 Å². The Labute approximate surface area is 92.3 Å². The quantitative estimate of drug-likeness (QED) is 0.626. The summed E-state index contributed by atoms with van der Waals surface area (Å²) in [6.45, 7) is 8.35. The van der Waals surface area contributed by atoms with E-state index in [-0.39, 0.29) is 12.5 Å². The molecule has 3 N–H and O–H groups in total. The predicted molar refractivity (Wildman–Crippen MR) is 64.4 cm³/mol. The van der Waals surface area contributed by atoms with Crippen LogP contribution in [-0.4, -0.2) is 40.7 Å². The lowest BCUT2D eigenvalue weighted by Gasteiger charge is -2.28. The van der Waals surface area contributed by atoms with Gasteiger partial charge in [0, 0.05) is 31.7 Å². The van der Waals surface area contributed by atoms with E-state index in [4.69, 9.17) is 23.1 Å². The van der Waals surface area contributed by atoms with Crippen molar-refractivity contribution >= 4 is 17.2 Å². The summed E-state index contributed by atoms with van der Waals surface area (Å²) < 4.78 is 0. The van der Waals surface area contributed by atoms with Gasteiger partial charge in [-0.2, -0.15) is 0 Å². The van der Waals surface area contributed by atoms with Crippen LogP contribution in [0.5, 0.6) is 0 Å². The standard InChI is InChI=1S/C10H22N2OS/c1-8(2)12(5-4-6-13)7-9(3)10(11)14/h8-9,13H,4-7H2,1-3H3,(H2,11,14). The summed E-state index contributed by atoms with van der Waals surface area (Å²) in [6, 6.07) is 0.471. The minimum absolute atomic E-state index is 0.241. The molecule has 0 aliphatic carbocycles. The molecule has 1 atom stereocenters. The molecule has 0 amide bonds. The first kappa shape index (κ1) is 13.8. The fourth-order valence-corrected chi connectivity index (χ4v) is 1.35. The van der Waals surface area contributed by atoms with Crippen LogP contribution in [0.4, 0.5) is 0 Å². The zero-order valence-electron chi connectivity index (χ0n) is 9.36. The summed E-state index contributed by atoms with van der Waals surface area (Å²) in [4.78, 5) is 2.86. The van der Waals surface area contributed by atoms with Crippen molar-refractivity contribution in [1.29, 1.82) is 0 Å². The molecule has 0 saturated heterocycles. The van der Waals surface area contributed by atoms with Crippen molar-refractivity contribution in [3.63, 3.8) is 0 Å². The van der Waals surface area contributed by atoms with Gasteiger partial charge in [0.1, 0.15) is 0 Å². The Balaban J connectivity index is 4.02. The smallest absolute Gasteiger partial charge is 0.0768 e. The van der Waals surface area contributed by atoms with E-state index in [1.807, 2.05) is 6.92 Å². The fraction of sp³-hybridized carbons (Fsp3) is 0.900. The molecule has 0 aliphatic rings. The lowest BCUT2D eigenvalue weighted by atomic mass is 10.1. The predicted octanol–water partition coefficient (Wildman–Crippen LogP) is 1.00. The molecule has 14 heavy (non-hydrogen) atoms. The second-order valence-corrected chi connectivity index (χ2v) is 4.44. The summed E-state index contributed by atoms with van der Waals surface area (Å²) in [7, 11) is 0. The molecular weight excluding hydrogens is 196 g/mol. The number of aliphatic hydroxyl groups is 1. The molecule has 0 fully saturated rings. The van der Waals surface area contributed by atoms with Crippen molar-refractivity contribution in [2.45, 2.75) is 33.2 Å². The zero-order chi connectivity index (χ0) is 11.1. The van der Waals surface area contributed by atoms with Crippen molar-refractivity contribution in [2.75, 3.05) is 19.7 Å². The Morgan fingerprint density at radius 3 is 2.36 bits per heavy atom. The van der Waals surface area contributed by atoms with E-state index >= 15 is 0 Å². The highest BCUT2D eigenvalue weighted by atomic mass is 32.1. The molecule has 0 aromatic heterocycles. The fourth-order valence-electron chi connectivity index (χ4n) is 1.28. The number of hydrogen-bond donors (Lipinski definition) is 2. The monoisotopic (exact) mass is 218 g/mol. The molecule has 3 nitrogen and oxygen atoms in total. The van der Waals surface area contributed by atoms with Crippen molar-refractivity contribution in [3.8, 4) is 0 Å². The SMILES string of the molecule is CC(CN(CCCO)C(C)C)C(N)=S. The Morgan fingerprint density at radius 1 is 1.43 bits per heavy atom. The first-order valence-electron chi connectivity index (χ1n) is 5.13. The molecule has 4 heteroatoms. The van der Waals surface area contributed by atoms with Gasteiger partial charge in [0.15, 0.2) is 0 Å². The van der Waals surface area contributed by atoms with Gasteiger partial charge >= 0.3 is 0 Å². The van der Waals surface area contributed by atoms with Gasteiger partial charge in [-0.15, -0.1) is 0 Å². The van der Waals surface area contributed by atoms with E-state index in [0.717, 1.165) is 19.5 Å². The normalized spacial score (nSPS) is 13.6. The highest BCUT2D eigenvalue weighted by molar-refractivity contribution is 7.80. The van der Waals surface area contributed by atoms with Crippen LogP contribution in [0, 0.1) is 5.92 Å². The number of rotatable bonds is 7. The summed E-state index contributed by atoms with van der Waals surface area (Å²) in [6.07, 6.45) is 0.808. The lowest BCUT2D eigenvalue weighted by molar-refractivity contribution is 0.183. The maximum absolute atomic E-state index is 8.76. The van der Waals surface area contributed by atoms with Crippen LogP contribution in [0.25, 0.3) is 0 Å². The van der Waals surface area contributed by atoms with Crippen molar-refractivity contribution in [3.05, 3.63) is 0 Å². The Bertz CT molecular complexity index is 174. The molecule has 0 heterocycles. The molecule has 0 saturated carbocycles. The Kier molecular flexibility index (Phi) is 7.05. The number of aliphatic hydroxyl groups excluding tert-OH is 1. The van der Waals surface area contributed by atoms with E-state index in [2.05, 4.69) is 18.7 Å². The van der Waals surface area contributed by atoms with E-state index < -0.39 is 0 Å². The number of nitrogens with two attached hydrogens (primary N) is 1. The van der Waals surface area contributed by atoms with Gasteiger partial charge in [0.25, 0.3) is 0 Å². The first-order chi connectivity index (χ1) is 6.49. The molecule has 0 rings (SSSR count). The highest BCUT2D eigenvalue weighted by Crippen LogP contribution is 2.05. The average molecular weight is 218 g/mol. The largest absolute Gasteiger partial charge is 0.396 e. The van der Waals surface area contributed by atoms with Crippen molar-refractivity contribution < 1.29 is 5.11 Å². The zero-order valence-corrected chi connectivity index (χ0v) is 10.2. The Hall–Kier alpha value is -0.190. The number of hydrogen-bond acceptors (Lipinski definition) is 3. The summed E-state index contributed by atoms with van der Waals surface area (Å²) in [5.74, 6) is 0.242. The molecule has 0 radical (unpaired) electrons. The summed E-state index contributed by atoms with van der Waals surface area (Å²) in [5, 5.41) is 8.76. The second-order valence-electron chi connectivity index (χ2n) is 3.97. The first-order valence-corrected chi connectivity index (χ1v) is 5.54. The van der Waals surface area contributed by atoms with E-state index in [1.54, 1.807) is 0 Å². The van der Waals surface area contributed by atoms with Gasteiger partial charge in [-0.25, -0.2) is 0 Å². The maximum Gasteiger partial charge on any atom is 0.0768 e. The molecule has 0 aliphatic heterocycles. The van der Waals surface area contributed by atoms with Gasteiger partial charge in [-0.3, -0.25) is 0 Å². The van der Waals surface area contributed by atoms with Crippen LogP contribution in [-0.2, 0) is 0 Å². The van der Waals surface area contributed by atoms with Crippen LogP contribution in [0.1, 0.15) is 27.2 Å². The van der Waals surface area contributed by atoms with E-state index in [9.17, 15) is 0 Å². The third-order valence-electron chi connectivity index (χ3n) is 2.33. The highest BCUT2D eigenvalue weighted by Gasteiger charge is 2.14. The second kappa shape index (κ2) is 7.15. The average Bonchev–Trinajstić information content (AvgIpc) is 2.10. The van der Waals surface area contributed by atoms with Gasteiger partial charge in [0.05, 0.1) is 4.99 Å². The van der Waals surface area contributed by atoms with Crippen LogP contribution in [0.2, 0.25) is 0 Å². The summed E-state index contributed by atoms with van der Waals surface area (Å²) >= 11 is 4.94. The van der Waals surface area contributed by atoms with E-state index in [0.29, 0.717) is 11.0 Å². The van der Waals surface area contributed by atoms with Crippen molar-refractivity contribution in [1.82, 2.24) is 4.90 Å². The molecule has 0 bridgehead atoms. The van der Waals surface area contributed by atoms with Gasteiger partial charge in [0.2, 0.25) is 0 Å². The van der Waals surface area contributed by atoms with E-state index in [1.165, 1.54) is 0 Å². The lowest BCUT2D eigenvalue weighted by Crippen LogP contribution is -2.39. The number of nitrogens with zero attached hydrogens (tertiary/aromatic N) is 1. The minimum atomic E-state index is 0.241. The van der Waals surface area contributed by atoms with Gasteiger partial charge < -0.3 is 15.7 Å². The maximum atomic E-state index is 8.76. The molecule has 0 aromatic carbocycles. The summed E-state index contributed by atoms with van der Waals surface area (Å²) in [5.41, 5.74) is 5.57. The topological polar surface area (TPSA) is 49.5 Å². The molecule has 1 unspecified atom stereocenters. The molecule has 0 spiro atoms. The third-order valence-corrected chi connectivity index (χ3v) is 2.73. The van der Waals surface area contributed by atoms with Gasteiger partial charge in [-0.1, -0.05) is 19.1 Å². The van der Waals surface area contributed by atoms with Crippen LogP contribution < -0.4 is 5.73 Å². The van der Waals surface area contributed by atoms with Gasteiger partial charge in [-0.05, 0) is 20.3 Å². The number of thiocarbonyl (C=S) groups is 1. The molecule has 0 aromatic rings. The Morgan fingerprint density at radius 2 is 2.00 bits per heavy atom. The minimum Gasteiger partial charge on any atom is -0.396 e. The molecular formula is C10H22N2OS.